The van der Waals surface area contributed by atoms with Crippen LogP contribution in [0.5, 0.6) is 0 Å². The Bertz CT molecular complexity index is 694. The van der Waals surface area contributed by atoms with Crippen molar-refractivity contribution in [3.63, 3.8) is 0 Å². The van der Waals surface area contributed by atoms with E-state index in [9.17, 15) is 0 Å². The number of rotatable bonds is 5. The van der Waals surface area contributed by atoms with Crippen LogP contribution in [0.15, 0.2) is 53.7 Å². The van der Waals surface area contributed by atoms with Gasteiger partial charge in [0.1, 0.15) is 5.82 Å². The fourth-order valence-corrected chi connectivity index (χ4v) is 3.29. The van der Waals surface area contributed by atoms with Gasteiger partial charge < -0.3 is 15.1 Å². The number of anilines is 1. The molecule has 3 rings (SSSR count). The zero-order valence-electron chi connectivity index (χ0n) is 15.2. The quantitative estimate of drug-likeness (QED) is 0.498. The summed E-state index contributed by atoms with van der Waals surface area (Å²) >= 11 is 5.93. The van der Waals surface area contributed by atoms with Gasteiger partial charge in [0.15, 0.2) is 5.96 Å². The Labute approximate surface area is 160 Å². The molecule has 0 saturated carbocycles. The van der Waals surface area contributed by atoms with E-state index >= 15 is 0 Å². The van der Waals surface area contributed by atoms with E-state index in [1.54, 1.807) is 0 Å². The topological polar surface area (TPSA) is 43.8 Å². The maximum atomic E-state index is 5.93. The molecular weight excluding hydrogens is 346 g/mol. The van der Waals surface area contributed by atoms with Gasteiger partial charge in [0.05, 0.1) is 0 Å². The van der Waals surface area contributed by atoms with Gasteiger partial charge in [-0.15, -0.1) is 0 Å². The summed E-state index contributed by atoms with van der Waals surface area (Å²) in [5, 5.41) is 4.28. The number of aryl methyl sites for hydroxylation is 1. The molecule has 6 heteroatoms. The second-order valence-electron chi connectivity index (χ2n) is 6.37. The van der Waals surface area contributed by atoms with Crippen molar-refractivity contribution in [1.82, 2.24) is 15.2 Å². The molecule has 5 nitrogen and oxygen atoms in total. The van der Waals surface area contributed by atoms with Crippen molar-refractivity contribution in [1.29, 1.82) is 0 Å². The number of hydrogen-bond acceptors (Lipinski definition) is 3. The second-order valence-corrected chi connectivity index (χ2v) is 6.80. The molecule has 0 atom stereocenters. The molecular formula is C20H26ClN5. The first kappa shape index (κ1) is 18.5. The summed E-state index contributed by atoms with van der Waals surface area (Å²) in [4.78, 5) is 13.5. The molecule has 2 aromatic rings. The third-order valence-electron chi connectivity index (χ3n) is 4.60. The maximum Gasteiger partial charge on any atom is 0.193 e. The highest BCUT2D eigenvalue weighted by molar-refractivity contribution is 6.30. The fraction of sp³-hybridized carbons (Fsp3) is 0.400. The summed E-state index contributed by atoms with van der Waals surface area (Å²) in [6.07, 6.45) is 3.95. The van der Waals surface area contributed by atoms with Gasteiger partial charge in [-0.1, -0.05) is 29.8 Å². The largest absolute Gasteiger partial charge is 0.356 e. The number of hydrogen-bond donors (Lipinski definition) is 1. The predicted octanol–water partition coefficient (Wildman–Crippen LogP) is 3.07. The molecule has 0 bridgehead atoms. The van der Waals surface area contributed by atoms with Crippen LogP contribution < -0.4 is 10.2 Å². The van der Waals surface area contributed by atoms with Crippen molar-refractivity contribution in [2.45, 2.75) is 12.8 Å². The summed E-state index contributed by atoms with van der Waals surface area (Å²) in [6, 6.07) is 14.1. The Morgan fingerprint density at radius 3 is 2.54 bits per heavy atom. The van der Waals surface area contributed by atoms with E-state index in [1.807, 2.05) is 37.5 Å². The highest BCUT2D eigenvalue weighted by Crippen LogP contribution is 2.13. The lowest BCUT2D eigenvalue weighted by atomic mass is 10.1. The van der Waals surface area contributed by atoms with Gasteiger partial charge in [-0.2, -0.15) is 0 Å². The molecule has 1 aliphatic rings. The molecule has 0 radical (unpaired) electrons. The summed E-state index contributed by atoms with van der Waals surface area (Å²) in [5.74, 6) is 2.04. The van der Waals surface area contributed by atoms with Crippen molar-refractivity contribution in [3.8, 4) is 0 Å². The van der Waals surface area contributed by atoms with E-state index in [0.29, 0.717) is 0 Å². The molecule has 0 amide bonds. The van der Waals surface area contributed by atoms with Gasteiger partial charge >= 0.3 is 0 Å². The van der Waals surface area contributed by atoms with Crippen LogP contribution in [0.3, 0.4) is 0 Å². The van der Waals surface area contributed by atoms with Gasteiger partial charge in [-0.3, -0.25) is 4.99 Å². The minimum atomic E-state index is 0.789. The smallest absolute Gasteiger partial charge is 0.193 e. The number of benzene rings is 1. The minimum absolute atomic E-state index is 0.789. The van der Waals surface area contributed by atoms with Crippen molar-refractivity contribution in [2.75, 3.05) is 44.7 Å². The summed E-state index contributed by atoms with van der Waals surface area (Å²) in [6.45, 7) is 4.74. The average molecular weight is 372 g/mol. The SMILES string of the molecule is CN=C(NCCCc1ccc(Cl)cc1)N1CCN(c2ccccn2)CC1. The minimum Gasteiger partial charge on any atom is -0.356 e. The maximum absolute atomic E-state index is 5.93. The molecule has 1 aliphatic heterocycles. The van der Waals surface area contributed by atoms with Crippen LogP contribution in [0.25, 0.3) is 0 Å². The zero-order chi connectivity index (χ0) is 18.2. The number of pyridine rings is 1. The van der Waals surface area contributed by atoms with Crippen molar-refractivity contribution >= 4 is 23.4 Å². The summed E-state index contributed by atoms with van der Waals surface area (Å²) in [5.41, 5.74) is 1.31. The van der Waals surface area contributed by atoms with Crippen molar-refractivity contribution < 1.29 is 0 Å². The van der Waals surface area contributed by atoms with Gasteiger partial charge in [0, 0.05) is 51.0 Å². The molecule has 1 aromatic carbocycles. The van der Waals surface area contributed by atoms with E-state index in [0.717, 1.165) is 62.4 Å². The molecule has 1 saturated heterocycles. The van der Waals surface area contributed by atoms with Crippen LogP contribution >= 0.6 is 11.6 Å². The molecule has 0 spiro atoms. The number of guanidine groups is 1. The lowest BCUT2D eigenvalue weighted by Crippen LogP contribution is -2.52. The van der Waals surface area contributed by atoms with E-state index < -0.39 is 0 Å². The first-order chi connectivity index (χ1) is 12.8. The zero-order valence-corrected chi connectivity index (χ0v) is 16.0. The second kappa shape index (κ2) is 9.43. The monoisotopic (exact) mass is 371 g/mol. The predicted molar refractivity (Wildman–Crippen MR) is 109 cm³/mol. The van der Waals surface area contributed by atoms with Crippen LogP contribution in [0.1, 0.15) is 12.0 Å². The standard InChI is InChI=1S/C20H26ClN5/c1-22-20(24-12-4-5-17-7-9-18(21)10-8-17)26-15-13-25(14-16-26)19-6-2-3-11-23-19/h2-3,6-11H,4-5,12-16H2,1H3,(H,22,24). The molecule has 1 fully saturated rings. The lowest BCUT2D eigenvalue weighted by Gasteiger charge is -2.37. The normalized spacial score (nSPS) is 15.2. The first-order valence-electron chi connectivity index (χ1n) is 9.12. The Morgan fingerprint density at radius 2 is 1.88 bits per heavy atom. The number of piperazine rings is 1. The highest BCUT2D eigenvalue weighted by Gasteiger charge is 2.20. The molecule has 26 heavy (non-hydrogen) atoms. The Kier molecular flexibility index (Phi) is 6.72. The first-order valence-corrected chi connectivity index (χ1v) is 9.50. The highest BCUT2D eigenvalue weighted by atomic mass is 35.5. The number of nitrogens with one attached hydrogen (secondary N) is 1. The van der Waals surface area contributed by atoms with E-state index in [1.165, 1.54) is 5.56 Å². The molecule has 1 N–H and O–H groups in total. The Balaban J connectivity index is 1.41. The van der Waals surface area contributed by atoms with E-state index in [4.69, 9.17) is 11.6 Å². The molecule has 2 heterocycles. The van der Waals surface area contributed by atoms with E-state index in [2.05, 4.69) is 43.3 Å². The van der Waals surface area contributed by atoms with Crippen LogP contribution in [-0.2, 0) is 6.42 Å². The third kappa shape index (κ3) is 5.11. The lowest BCUT2D eigenvalue weighted by molar-refractivity contribution is 0.371. The van der Waals surface area contributed by atoms with Crippen LogP contribution in [0.2, 0.25) is 5.02 Å². The summed E-state index contributed by atoms with van der Waals surface area (Å²) < 4.78 is 0. The number of nitrogens with zero attached hydrogens (tertiary/aromatic N) is 4. The van der Waals surface area contributed by atoms with Crippen LogP contribution in [-0.4, -0.2) is 55.6 Å². The molecule has 138 valence electrons. The van der Waals surface area contributed by atoms with Gasteiger partial charge in [0.25, 0.3) is 0 Å². The van der Waals surface area contributed by atoms with Crippen LogP contribution in [0, 0.1) is 0 Å². The summed E-state index contributed by atoms with van der Waals surface area (Å²) in [7, 11) is 1.85. The molecule has 0 aliphatic carbocycles. The third-order valence-corrected chi connectivity index (χ3v) is 4.85. The Hall–Kier alpha value is -2.27. The Morgan fingerprint density at radius 1 is 1.12 bits per heavy atom. The molecule has 1 aromatic heterocycles. The number of aliphatic imine (C=N–C) groups is 1. The van der Waals surface area contributed by atoms with Gasteiger partial charge in [-0.05, 0) is 42.7 Å². The van der Waals surface area contributed by atoms with Crippen molar-refractivity contribution in [2.24, 2.45) is 4.99 Å². The number of aromatic nitrogens is 1. The average Bonchev–Trinajstić information content (AvgIpc) is 2.70. The van der Waals surface area contributed by atoms with Gasteiger partial charge in [0.2, 0.25) is 0 Å². The van der Waals surface area contributed by atoms with Crippen LogP contribution in [0.4, 0.5) is 5.82 Å². The van der Waals surface area contributed by atoms with Crippen molar-refractivity contribution in [3.05, 3.63) is 59.2 Å². The van der Waals surface area contributed by atoms with Gasteiger partial charge in [-0.25, -0.2) is 4.98 Å². The fourth-order valence-electron chi connectivity index (χ4n) is 3.16. The molecule has 0 unspecified atom stereocenters. The van der Waals surface area contributed by atoms with E-state index in [-0.39, 0.29) is 0 Å². The number of halogens is 1.